The Morgan fingerprint density at radius 3 is 2.65 bits per heavy atom. The molecule has 5 rings (SSSR count). The third kappa shape index (κ3) is 4.05. The first-order valence-corrected chi connectivity index (χ1v) is 11.2. The molecule has 5 heteroatoms. The quantitative estimate of drug-likeness (QED) is 0.361. The monoisotopic (exact) mass is 412 g/mol. The van der Waals surface area contributed by atoms with Crippen molar-refractivity contribution >= 4 is 28.3 Å². The molecule has 5 nitrogen and oxygen atoms in total. The number of fused-ring (bicyclic) bond motifs is 3. The van der Waals surface area contributed by atoms with E-state index in [1.54, 1.807) is 0 Å². The van der Waals surface area contributed by atoms with Gasteiger partial charge in [0.2, 0.25) is 0 Å². The van der Waals surface area contributed by atoms with Crippen LogP contribution in [0.1, 0.15) is 49.9 Å². The van der Waals surface area contributed by atoms with E-state index in [0.717, 1.165) is 52.3 Å². The summed E-state index contributed by atoms with van der Waals surface area (Å²) in [6.07, 6.45) is 6.04. The molecule has 1 N–H and O–H groups in total. The van der Waals surface area contributed by atoms with Crippen molar-refractivity contribution in [1.29, 1.82) is 0 Å². The van der Waals surface area contributed by atoms with E-state index in [1.807, 2.05) is 48.7 Å². The minimum atomic E-state index is 0.249. The lowest BCUT2D eigenvalue weighted by Crippen LogP contribution is -2.08. The molecule has 0 radical (unpaired) electrons. The Balaban J connectivity index is 1.54. The lowest BCUT2D eigenvalue weighted by Gasteiger charge is -2.12. The Kier molecular flexibility index (Phi) is 5.18. The minimum Gasteiger partial charge on any atom is -0.367 e. The van der Waals surface area contributed by atoms with Gasteiger partial charge in [-0.25, -0.2) is 9.97 Å². The van der Waals surface area contributed by atoms with Crippen LogP contribution in [0.4, 0.5) is 5.82 Å². The van der Waals surface area contributed by atoms with Gasteiger partial charge in [0.25, 0.3) is 0 Å². The number of rotatable bonds is 8. The molecule has 31 heavy (non-hydrogen) atoms. The second kappa shape index (κ2) is 8.14. The van der Waals surface area contributed by atoms with Crippen LogP contribution in [0.5, 0.6) is 0 Å². The molecular weight excluding hydrogens is 384 g/mol. The van der Waals surface area contributed by atoms with Gasteiger partial charge in [-0.15, -0.1) is 0 Å². The third-order valence-corrected chi connectivity index (χ3v) is 6.02. The number of imidazole rings is 1. The Bertz CT molecular complexity index is 1240. The first kappa shape index (κ1) is 19.7. The number of anilines is 1. The number of Topliss-reactive ketones (excluding diaryl/α,β-unsaturated/α-hetero) is 1. The number of ketones is 1. The smallest absolute Gasteiger partial charge is 0.181 e. The fourth-order valence-electron chi connectivity index (χ4n) is 4.01. The summed E-state index contributed by atoms with van der Waals surface area (Å²) in [6.45, 7) is 5.30. The summed E-state index contributed by atoms with van der Waals surface area (Å²) in [6, 6.07) is 16.1. The molecular formula is C26H28N4O. The van der Waals surface area contributed by atoms with Crippen molar-refractivity contribution in [3.8, 4) is 11.3 Å². The zero-order valence-electron chi connectivity index (χ0n) is 18.1. The molecule has 1 aliphatic rings. The molecule has 158 valence electrons. The van der Waals surface area contributed by atoms with Crippen LogP contribution >= 0.6 is 0 Å². The Hall–Kier alpha value is -3.21. The van der Waals surface area contributed by atoms with Gasteiger partial charge in [-0.2, -0.15) is 0 Å². The highest BCUT2D eigenvalue weighted by Gasteiger charge is 2.25. The predicted octanol–water partition coefficient (Wildman–Crippen LogP) is 5.99. The summed E-state index contributed by atoms with van der Waals surface area (Å²) in [5.41, 5.74) is 5.62. The molecule has 0 aliphatic heterocycles. The van der Waals surface area contributed by atoms with Gasteiger partial charge in [0, 0.05) is 24.1 Å². The van der Waals surface area contributed by atoms with Crippen LogP contribution in [-0.2, 0) is 0 Å². The Labute approximate surface area is 182 Å². The zero-order valence-corrected chi connectivity index (χ0v) is 18.1. The van der Waals surface area contributed by atoms with Crippen molar-refractivity contribution in [1.82, 2.24) is 14.4 Å². The van der Waals surface area contributed by atoms with E-state index in [2.05, 4.69) is 29.6 Å². The van der Waals surface area contributed by atoms with E-state index in [-0.39, 0.29) is 5.78 Å². The Morgan fingerprint density at radius 1 is 1.13 bits per heavy atom. The zero-order chi connectivity index (χ0) is 21.4. The van der Waals surface area contributed by atoms with Crippen LogP contribution in [0.15, 0.2) is 54.7 Å². The lowest BCUT2D eigenvalue weighted by atomic mass is 10.0. The SMILES string of the molecule is CC(C)CCNc1nc2ccccc2n2c(-c3ccc(C(=O)CC4CC4)cc3)cnc12. The minimum absolute atomic E-state index is 0.249. The molecule has 1 fully saturated rings. The number of nitrogens with one attached hydrogen (secondary N) is 1. The van der Waals surface area contributed by atoms with E-state index >= 15 is 0 Å². The number of carbonyl (C=O) groups is 1. The standard InChI is InChI=1S/C26H28N4O/c1-17(2)13-14-27-25-26-28-16-23(30(26)22-6-4-3-5-21(22)29-25)19-9-11-20(12-10-19)24(31)15-18-7-8-18/h3-6,9-12,16-18H,7-8,13-15H2,1-2H3,(H,27,29). The maximum Gasteiger partial charge on any atom is 0.181 e. The lowest BCUT2D eigenvalue weighted by molar-refractivity contribution is 0.0976. The molecule has 0 bridgehead atoms. The second-order valence-corrected chi connectivity index (χ2v) is 9.01. The van der Waals surface area contributed by atoms with Crippen molar-refractivity contribution < 1.29 is 4.79 Å². The van der Waals surface area contributed by atoms with Crippen LogP contribution in [0.3, 0.4) is 0 Å². The first-order chi connectivity index (χ1) is 15.1. The average Bonchev–Trinajstić information content (AvgIpc) is 3.47. The number of hydrogen-bond acceptors (Lipinski definition) is 4. The number of hydrogen-bond donors (Lipinski definition) is 1. The number of nitrogens with zero attached hydrogens (tertiary/aromatic N) is 3. The summed E-state index contributed by atoms with van der Waals surface area (Å²) in [4.78, 5) is 22.0. The number of carbonyl (C=O) groups excluding carboxylic acids is 1. The molecule has 2 aromatic heterocycles. The van der Waals surface area contributed by atoms with Gasteiger partial charge in [0.05, 0.1) is 22.9 Å². The van der Waals surface area contributed by atoms with Gasteiger partial charge in [-0.1, -0.05) is 50.2 Å². The largest absolute Gasteiger partial charge is 0.367 e. The highest BCUT2D eigenvalue weighted by Crippen LogP contribution is 2.34. The maximum absolute atomic E-state index is 12.4. The van der Waals surface area contributed by atoms with Gasteiger partial charge in [0.15, 0.2) is 17.2 Å². The predicted molar refractivity (Wildman–Crippen MR) is 126 cm³/mol. The molecule has 0 saturated heterocycles. The summed E-state index contributed by atoms with van der Waals surface area (Å²) >= 11 is 0. The molecule has 0 amide bonds. The van der Waals surface area contributed by atoms with Gasteiger partial charge < -0.3 is 5.32 Å². The van der Waals surface area contributed by atoms with E-state index < -0.39 is 0 Å². The number of benzene rings is 2. The van der Waals surface area contributed by atoms with E-state index in [1.165, 1.54) is 12.8 Å². The summed E-state index contributed by atoms with van der Waals surface area (Å²) in [7, 11) is 0. The van der Waals surface area contributed by atoms with Gasteiger partial charge >= 0.3 is 0 Å². The summed E-state index contributed by atoms with van der Waals surface area (Å²) in [5, 5.41) is 3.48. The van der Waals surface area contributed by atoms with Crippen LogP contribution < -0.4 is 5.32 Å². The number of aromatic nitrogens is 3. The van der Waals surface area contributed by atoms with Gasteiger partial charge in [-0.05, 0) is 43.2 Å². The normalized spacial score (nSPS) is 13.9. The van der Waals surface area contributed by atoms with Gasteiger partial charge in [-0.3, -0.25) is 9.20 Å². The highest BCUT2D eigenvalue weighted by molar-refractivity contribution is 5.97. The Morgan fingerprint density at radius 2 is 1.90 bits per heavy atom. The van der Waals surface area contributed by atoms with Crippen LogP contribution in [0, 0.1) is 11.8 Å². The van der Waals surface area contributed by atoms with Crippen molar-refractivity contribution in [3.63, 3.8) is 0 Å². The molecule has 4 aromatic rings. The molecule has 1 saturated carbocycles. The summed E-state index contributed by atoms with van der Waals surface area (Å²) in [5.74, 6) is 2.28. The van der Waals surface area contributed by atoms with Crippen molar-refractivity contribution in [3.05, 3.63) is 60.3 Å². The van der Waals surface area contributed by atoms with Crippen LogP contribution in [0.2, 0.25) is 0 Å². The molecule has 2 heterocycles. The third-order valence-electron chi connectivity index (χ3n) is 6.02. The first-order valence-electron chi connectivity index (χ1n) is 11.2. The second-order valence-electron chi connectivity index (χ2n) is 9.01. The topological polar surface area (TPSA) is 59.3 Å². The molecule has 0 spiro atoms. The average molecular weight is 413 g/mol. The molecule has 0 unspecified atom stereocenters. The molecule has 2 aromatic carbocycles. The van der Waals surface area contributed by atoms with Gasteiger partial charge in [0.1, 0.15) is 0 Å². The van der Waals surface area contributed by atoms with Crippen molar-refractivity contribution in [2.24, 2.45) is 11.8 Å². The fraction of sp³-hybridized carbons (Fsp3) is 0.346. The van der Waals surface area contributed by atoms with E-state index in [4.69, 9.17) is 9.97 Å². The van der Waals surface area contributed by atoms with E-state index in [9.17, 15) is 4.79 Å². The van der Waals surface area contributed by atoms with Crippen molar-refractivity contribution in [2.45, 2.75) is 39.5 Å². The van der Waals surface area contributed by atoms with Crippen LogP contribution in [0.25, 0.3) is 27.9 Å². The van der Waals surface area contributed by atoms with Crippen molar-refractivity contribution in [2.75, 3.05) is 11.9 Å². The number of para-hydroxylation sites is 2. The van der Waals surface area contributed by atoms with Crippen LogP contribution in [-0.4, -0.2) is 26.7 Å². The molecule has 0 atom stereocenters. The highest BCUT2D eigenvalue weighted by atomic mass is 16.1. The fourth-order valence-corrected chi connectivity index (χ4v) is 4.01. The molecule has 1 aliphatic carbocycles. The summed E-state index contributed by atoms with van der Waals surface area (Å²) < 4.78 is 2.17. The maximum atomic E-state index is 12.4. The van der Waals surface area contributed by atoms with E-state index in [0.29, 0.717) is 18.3 Å².